The molecule has 0 aliphatic carbocycles. The number of aryl methyl sites for hydroxylation is 1. The number of aromatic nitrogens is 3. The highest BCUT2D eigenvalue weighted by atomic mass is 16.2. The molecule has 2 heterocycles. The van der Waals surface area contributed by atoms with E-state index in [2.05, 4.69) is 22.6 Å². The molecule has 1 aliphatic heterocycles. The van der Waals surface area contributed by atoms with Crippen LogP contribution >= 0.6 is 0 Å². The van der Waals surface area contributed by atoms with Gasteiger partial charge in [-0.3, -0.25) is 9.59 Å². The molecule has 0 bridgehead atoms. The van der Waals surface area contributed by atoms with Gasteiger partial charge >= 0.3 is 0 Å². The normalized spacial score (nSPS) is 16.9. The molecule has 1 N–H and O–H groups in total. The van der Waals surface area contributed by atoms with Gasteiger partial charge in [0.1, 0.15) is 6.04 Å². The van der Waals surface area contributed by atoms with E-state index in [4.69, 9.17) is 0 Å². The van der Waals surface area contributed by atoms with E-state index in [0.29, 0.717) is 19.1 Å². The number of amides is 2. The molecule has 1 aliphatic rings. The molecule has 0 aromatic carbocycles. The molecule has 1 fully saturated rings. The van der Waals surface area contributed by atoms with Gasteiger partial charge in [-0.05, 0) is 31.6 Å². The van der Waals surface area contributed by atoms with Gasteiger partial charge in [0.2, 0.25) is 11.8 Å². The van der Waals surface area contributed by atoms with Gasteiger partial charge in [-0.25, -0.2) is 4.68 Å². The van der Waals surface area contributed by atoms with Gasteiger partial charge in [-0.15, -0.1) is 5.10 Å². The first-order valence-electron chi connectivity index (χ1n) is 9.39. The standard InChI is InChI=1S/C18H31N5O2/c1-5-6-7-15-12-23(21-20-15)16-8-10-22(11-9-16)18(25)17(13(2)3)19-14(4)24/h12-13,16-17H,5-11H2,1-4H3,(H,19,24)/t17-/m0/s1. The molecular formula is C18H31N5O2. The highest BCUT2D eigenvalue weighted by Gasteiger charge is 2.31. The van der Waals surface area contributed by atoms with Crippen LogP contribution in [0.3, 0.4) is 0 Å². The third-order valence-corrected chi connectivity index (χ3v) is 4.79. The minimum absolute atomic E-state index is 0.0193. The maximum absolute atomic E-state index is 12.7. The molecule has 2 amide bonds. The van der Waals surface area contributed by atoms with Crippen LogP contribution in [-0.2, 0) is 16.0 Å². The van der Waals surface area contributed by atoms with E-state index in [9.17, 15) is 9.59 Å². The van der Waals surface area contributed by atoms with Gasteiger partial charge < -0.3 is 10.2 Å². The van der Waals surface area contributed by atoms with Gasteiger partial charge in [-0.2, -0.15) is 0 Å². The van der Waals surface area contributed by atoms with Crippen molar-refractivity contribution in [1.29, 1.82) is 0 Å². The minimum Gasteiger partial charge on any atom is -0.344 e. The number of likely N-dealkylation sites (tertiary alicyclic amines) is 1. The summed E-state index contributed by atoms with van der Waals surface area (Å²) in [6.07, 6.45) is 7.04. The number of nitrogens with one attached hydrogen (secondary N) is 1. The summed E-state index contributed by atoms with van der Waals surface area (Å²) in [7, 11) is 0. The molecule has 1 atom stereocenters. The first-order chi connectivity index (χ1) is 11.9. The molecule has 25 heavy (non-hydrogen) atoms. The van der Waals surface area contributed by atoms with Gasteiger partial charge in [0.05, 0.1) is 11.7 Å². The Kier molecular flexibility index (Phi) is 6.96. The van der Waals surface area contributed by atoms with Crippen LogP contribution in [0.25, 0.3) is 0 Å². The van der Waals surface area contributed by atoms with Crippen molar-refractivity contribution in [3.63, 3.8) is 0 Å². The second kappa shape index (κ2) is 8.97. The van der Waals surface area contributed by atoms with Crippen molar-refractivity contribution in [3.8, 4) is 0 Å². The highest BCUT2D eigenvalue weighted by Crippen LogP contribution is 2.23. The predicted molar refractivity (Wildman–Crippen MR) is 95.9 cm³/mol. The fraction of sp³-hybridized carbons (Fsp3) is 0.778. The van der Waals surface area contributed by atoms with Gasteiger partial charge in [0, 0.05) is 26.2 Å². The number of nitrogens with zero attached hydrogens (tertiary/aromatic N) is 4. The summed E-state index contributed by atoms with van der Waals surface area (Å²) in [5.74, 6) is -0.0689. The Labute approximate surface area is 150 Å². The summed E-state index contributed by atoms with van der Waals surface area (Å²) in [6, 6.07) is -0.147. The Hall–Kier alpha value is -1.92. The number of hydrogen-bond acceptors (Lipinski definition) is 4. The quantitative estimate of drug-likeness (QED) is 0.816. The maximum Gasteiger partial charge on any atom is 0.245 e. The van der Waals surface area contributed by atoms with E-state index >= 15 is 0 Å². The second-order valence-corrected chi connectivity index (χ2v) is 7.27. The zero-order valence-corrected chi connectivity index (χ0v) is 15.9. The summed E-state index contributed by atoms with van der Waals surface area (Å²) < 4.78 is 1.96. The molecule has 1 aromatic heterocycles. The largest absolute Gasteiger partial charge is 0.344 e. The fourth-order valence-electron chi connectivity index (χ4n) is 3.24. The summed E-state index contributed by atoms with van der Waals surface area (Å²) in [5, 5.41) is 11.3. The number of carbonyl (C=O) groups is 2. The summed E-state index contributed by atoms with van der Waals surface area (Å²) in [5.41, 5.74) is 1.05. The summed E-state index contributed by atoms with van der Waals surface area (Å²) in [4.78, 5) is 25.9. The van der Waals surface area contributed by atoms with Gasteiger partial charge in [0.15, 0.2) is 0 Å². The first-order valence-corrected chi connectivity index (χ1v) is 9.39. The van der Waals surface area contributed by atoms with E-state index in [1.165, 1.54) is 6.92 Å². The van der Waals surface area contributed by atoms with Crippen molar-refractivity contribution < 1.29 is 9.59 Å². The Morgan fingerprint density at radius 1 is 1.32 bits per heavy atom. The van der Waals surface area contributed by atoms with Crippen molar-refractivity contribution >= 4 is 11.8 Å². The van der Waals surface area contributed by atoms with Crippen LogP contribution in [0.1, 0.15) is 65.1 Å². The van der Waals surface area contributed by atoms with Crippen molar-refractivity contribution in [2.45, 2.75) is 71.9 Å². The lowest BCUT2D eigenvalue weighted by Gasteiger charge is -2.35. The van der Waals surface area contributed by atoms with E-state index in [1.54, 1.807) is 0 Å². The Balaban J connectivity index is 1.90. The van der Waals surface area contributed by atoms with Crippen LogP contribution in [-0.4, -0.2) is 50.8 Å². The molecular weight excluding hydrogens is 318 g/mol. The predicted octanol–water partition coefficient (Wildman–Crippen LogP) is 1.94. The topological polar surface area (TPSA) is 80.1 Å². The van der Waals surface area contributed by atoms with Crippen LogP contribution < -0.4 is 5.32 Å². The average molecular weight is 349 g/mol. The number of rotatable bonds is 7. The average Bonchev–Trinajstić information content (AvgIpc) is 3.06. The van der Waals surface area contributed by atoms with Crippen molar-refractivity contribution in [1.82, 2.24) is 25.2 Å². The van der Waals surface area contributed by atoms with E-state index in [0.717, 1.165) is 37.8 Å². The molecule has 1 saturated heterocycles. The third-order valence-electron chi connectivity index (χ3n) is 4.79. The maximum atomic E-state index is 12.7. The van der Waals surface area contributed by atoms with Crippen molar-refractivity contribution in [2.75, 3.05) is 13.1 Å². The fourth-order valence-corrected chi connectivity index (χ4v) is 3.24. The molecule has 0 unspecified atom stereocenters. The molecule has 7 heteroatoms. The summed E-state index contributed by atoms with van der Waals surface area (Å²) >= 11 is 0. The number of hydrogen-bond donors (Lipinski definition) is 1. The van der Waals surface area contributed by atoms with E-state index in [-0.39, 0.29) is 17.7 Å². The molecule has 1 aromatic rings. The summed E-state index contributed by atoms with van der Waals surface area (Å²) in [6.45, 7) is 8.92. The zero-order valence-electron chi connectivity index (χ0n) is 15.9. The number of unbranched alkanes of at least 4 members (excludes halogenated alkanes) is 1. The van der Waals surface area contributed by atoms with Gasteiger partial charge in [0.25, 0.3) is 0 Å². The van der Waals surface area contributed by atoms with Crippen LogP contribution in [0.2, 0.25) is 0 Å². The lowest BCUT2D eigenvalue weighted by Crippen LogP contribution is -2.52. The minimum atomic E-state index is -0.443. The van der Waals surface area contributed by atoms with E-state index < -0.39 is 6.04 Å². The Morgan fingerprint density at radius 3 is 2.56 bits per heavy atom. The highest BCUT2D eigenvalue weighted by molar-refractivity contribution is 5.87. The molecule has 140 valence electrons. The smallest absolute Gasteiger partial charge is 0.245 e. The van der Waals surface area contributed by atoms with Crippen LogP contribution in [0.4, 0.5) is 0 Å². The van der Waals surface area contributed by atoms with E-state index in [1.807, 2.05) is 29.6 Å². The molecule has 7 nitrogen and oxygen atoms in total. The second-order valence-electron chi connectivity index (χ2n) is 7.27. The Bertz CT molecular complexity index is 576. The van der Waals surface area contributed by atoms with Gasteiger partial charge in [-0.1, -0.05) is 32.4 Å². The lowest BCUT2D eigenvalue weighted by atomic mass is 9.99. The number of piperidine rings is 1. The monoisotopic (exact) mass is 349 g/mol. The molecule has 0 spiro atoms. The van der Waals surface area contributed by atoms with Crippen LogP contribution in [0.15, 0.2) is 6.20 Å². The number of carbonyl (C=O) groups excluding carboxylic acids is 2. The molecule has 0 saturated carbocycles. The SMILES string of the molecule is CCCCc1cn(C2CCN(C(=O)[C@@H](NC(C)=O)C(C)C)CC2)nn1. The van der Waals surface area contributed by atoms with Crippen molar-refractivity contribution in [2.24, 2.45) is 5.92 Å². The zero-order chi connectivity index (χ0) is 18.4. The first kappa shape index (κ1) is 19.4. The molecule has 2 rings (SSSR count). The van der Waals surface area contributed by atoms with Crippen LogP contribution in [0, 0.1) is 5.92 Å². The van der Waals surface area contributed by atoms with Crippen LogP contribution in [0.5, 0.6) is 0 Å². The van der Waals surface area contributed by atoms with Crippen molar-refractivity contribution in [3.05, 3.63) is 11.9 Å². The third kappa shape index (κ3) is 5.28. The molecule has 0 radical (unpaired) electrons. The lowest BCUT2D eigenvalue weighted by molar-refractivity contribution is -0.138. The Morgan fingerprint density at radius 2 is 2.00 bits per heavy atom.